The summed E-state index contributed by atoms with van der Waals surface area (Å²) in [5, 5.41) is 27.1. The summed E-state index contributed by atoms with van der Waals surface area (Å²) in [5.74, 6) is 0.941. The summed E-state index contributed by atoms with van der Waals surface area (Å²) >= 11 is 0. The predicted octanol–water partition coefficient (Wildman–Crippen LogP) is 2.89. The Hall–Kier alpha value is -2.78. The third-order valence-corrected chi connectivity index (χ3v) is 8.65. The molecule has 2 saturated carbocycles. The van der Waals surface area contributed by atoms with Crippen molar-refractivity contribution in [3.63, 3.8) is 0 Å². The number of carbonyl (C=O) groups is 2. The lowest BCUT2D eigenvalue weighted by atomic mass is 9.46. The number of amides is 2. The van der Waals surface area contributed by atoms with Crippen LogP contribution in [0.25, 0.3) is 0 Å². The first kappa shape index (κ1) is 26.3. The SMILES string of the molecule is C=CCNC(=O)O[C@@H]1CC[C@]2(C)[C@@H](CC[C@@H](O)[C@H]2CC(=O)NCc2ccc3c(c2)OCO3)[C@]1(C)CO. The predicted molar refractivity (Wildman–Crippen MR) is 132 cm³/mol. The zero-order chi connectivity index (χ0) is 25.9. The topological polar surface area (TPSA) is 126 Å². The molecule has 2 amide bonds. The zero-order valence-electron chi connectivity index (χ0n) is 21.1. The average Bonchev–Trinajstić information content (AvgIpc) is 3.33. The van der Waals surface area contributed by atoms with Crippen LogP contribution in [0.3, 0.4) is 0 Å². The maximum absolute atomic E-state index is 13.0. The standard InChI is InChI=1S/C27H38N2O7/c1-4-11-28-25(33)36-23-9-10-26(2)18(19(31)6-8-22(26)27(23,3)15-30)13-24(32)29-14-17-5-7-20-21(12-17)35-16-34-20/h4-5,7,12,18-19,22-23,30-31H,1,6,8-11,13-16H2,2-3H3,(H,28,33)(H,29,32)/t18-,19-,22-,23-,26+,27+/m1/s1. The van der Waals surface area contributed by atoms with Gasteiger partial charge in [0.1, 0.15) is 6.10 Å². The highest BCUT2D eigenvalue weighted by Crippen LogP contribution is 2.61. The van der Waals surface area contributed by atoms with Crippen molar-refractivity contribution in [2.24, 2.45) is 22.7 Å². The molecule has 4 N–H and O–H groups in total. The van der Waals surface area contributed by atoms with Gasteiger partial charge in [-0.05, 0) is 60.6 Å². The number of carbonyl (C=O) groups excluding carboxylic acids is 2. The third kappa shape index (κ3) is 5.04. The number of ether oxygens (including phenoxy) is 3. The Bertz CT molecular complexity index is 985. The van der Waals surface area contributed by atoms with Crippen LogP contribution in [0.4, 0.5) is 4.79 Å². The van der Waals surface area contributed by atoms with Gasteiger partial charge in [-0.1, -0.05) is 26.0 Å². The molecule has 1 aromatic carbocycles. The normalized spacial score (nSPS) is 32.8. The van der Waals surface area contributed by atoms with E-state index in [0.29, 0.717) is 50.3 Å². The molecule has 0 saturated heterocycles. The molecule has 3 aliphatic rings. The quantitative estimate of drug-likeness (QED) is 0.403. The van der Waals surface area contributed by atoms with Crippen molar-refractivity contribution in [3.05, 3.63) is 36.4 Å². The average molecular weight is 503 g/mol. The second kappa shape index (κ2) is 10.7. The van der Waals surface area contributed by atoms with Gasteiger partial charge in [0.2, 0.25) is 12.7 Å². The van der Waals surface area contributed by atoms with E-state index in [4.69, 9.17) is 14.2 Å². The monoisotopic (exact) mass is 502 g/mol. The molecule has 6 atom stereocenters. The van der Waals surface area contributed by atoms with E-state index in [9.17, 15) is 19.8 Å². The van der Waals surface area contributed by atoms with Gasteiger partial charge < -0.3 is 35.1 Å². The fraction of sp³-hybridized carbons (Fsp3) is 0.630. The van der Waals surface area contributed by atoms with E-state index in [1.54, 1.807) is 6.08 Å². The van der Waals surface area contributed by atoms with E-state index in [1.165, 1.54) is 0 Å². The van der Waals surface area contributed by atoms with Gasteiger partial charge in [-0.25, -0.2) is 4.79 Å². The lowest BCUT2D eigenvalue weighted by molar-refractivity contribution is -0.185. The van der Waals surface area contributed by atoms with Crippen LogP contribution in [0.1, 0.15) is 51.5 Å². The first-order valence-corrected chi connectivity index (χ1v) is 12.7. The number of hydrogen-bond acceptors (Lipinski definition) is 7. The summed E-state index contributed by atoms with van der Waals surface area (Å²) in [6.45, 7) is 8.36. The van der Waals surface area contributed by atoms with Crippen LogP contribution in [0.5, 0.6) is 11.5 Å². The van der Waals surface area contributed by atoms with E-state index < -0.39 is 23.7 Å². The van der Waals surface area contributed by atoms with Gasteiger partial charge in [0.15, 0.2) is 11.5 Å². The molecule has 0 aromatic heterocycles. The fourth-order valence-electron chi connectivity index (χ4n) is 6.63. The van der Waals surface area contributed by atoms with Crippen LogP contribution in [0.2, 0.25) is 0 Å². The Labute approximate surface area is 212 Å². The van der Waals surface area contributed by atoms with Crippen molar-refractivity contribution in [2.45, 2.75) is 64.7 Å². The molecule has 36 heavy (non-hydrogen) atoms. The van der Waals surface area contributed by atoms with Crippen LogP contribution >= 0.6 is 0 Å². The van der Waals surface area contributed by atoms with Gasteiger partial charge in [-0.15, -0.1) is 6.58 Å². The van der Waals surface area contributed by atoms with Crippen molar-refractivity contribution < 1.29 is 34.0 Å². The zero-order valence-corrected chi connectivity index (χ0v) is 21.1. The molecule has 9 nitrogen and oxygen atoms in total. The summed E-state index contributed by atoms with van der Waals surface area (Å²) < 4.78 is 16.5. The summed E-state index contributed by atoms with van der Waals surface area (Å²) in [6, 6.07) is 5.57. The lowest BCUT2D eigenvalue weighted by Gasteiger charge is -2.60. The van der Waals surface area contributed by atoms with E-state index in [2.05, 4.69) is 24.1 Å². The van der Waals surface area contributed by atoms with Gasteiger partial charge >= 0.3 is 6.09 Å². The molecule has 0 radical (unpaired) electrons. The molecular weight excluding hydrogens is 464 g/mol. The Morgan fingerprint density at radius 3 is 2.72 bits per heavy atom. The van der Waals surface area contributed by atoms with Crippen molar-refractivity contribution in [1.82, 2.24) is 10.6 Å². The molecule has 2 aliphatic carbocycles. The Kier molecular flexibility index (Phi) is 7.80. The molecule has 2 fully saturated rings. The molecule has 0 spiro atoms. The van der Waals surface area contributed by atoms with Crippen LogP contribution in [-0.4, -0.2) is 54.4 Å². The number of rotatable bonds is 8. The Morgan fingerprint density at radius 2 is 1.97 bits per heavy atom. The molecule has 1 aliphatic heterocycles. The number of benzene rings is 1. The second-order valence-corrected chi connectivity index (χ2v) is 10.7. The molecule has 0 unspecified atom stereocenters. The molecule has 198 valence electrons. The highest BCUT2D eigenvalue weighted by atomic mass is 16.7. The minimum Gasteiger partial charge on any atom is -0.454 e. The Balaban J connectivity index is 1.43. The van der Waals surface area contributed by atoms with Gasteiger partial charge in [-0.3, -0.25) is 4.79 Å². The number of fused-ring (bicyclic) bond motifs is 2. The maximum atomic E-state index is 13.0. The fourth-order valence-corrected chi connectivity index (χ4v) is 6.63. The highest BCUT2D eigenvalue weighted by molar-refractivity contribution is 5.76. The van der Waals surface area contributed by atoms with Crippen LogP contribution in [-0.2, 0) is 16.1 Å². The smallest absolute Gasteiger partial charge is 0.407 e. The van der Waals surface area contributed by atoms with Crippen molar-refractivity contribution in [2.75, 3.05) is 19.9 Å². The van der Waals surface area contributed by atoms with Crippen molar-refractivity contribution in [3.8, 4) is 11.5 Å². The van der Waals surface area contributed by atoms with Crippen LogP contribution in [0.15, 0.2) is 30.9 Å². The van der Waals surface area contributed by atoms with Gasteiger partial charge in [0.25, 0.3) is 0 Å². The molecule has 1 aromatic rings. The summed E-state index contributed by atoms with van der Waals surface area (Å²) in [4.78, 5) is 25.3. The molecule has 1 heterocycles. The first-order chi connectivity index (χ1) is 17.2. The number of aliphatic hydroxyl groups excluding tert-OH is 2. The van der Waals surface area contributed by atoms with Crippen LogP contribution < -0.4 is 20.1 Å². The van der Waals surface area contributed by atoms with Gasteiger partial charge in [-0.2, -0.15) is 0 Å². The minimum atomic E-state index is -0.681. The third-order valence-electron chi connectivity index (χ3n) is 8.65. The van der Waals surface area contributed by atoms with E-state index in [1.807, 2.05) is 25.1 Å². The summed E-state index contributed by atoms with van der Waals surface area (Å²) in [7, 11) is 0. The van der Waals surface area contributed by atoms with Gasteiger partial charge in [0, 0.05) is 24.9 Å². The molecule has 0 bridgehead atoms. The van der Waals surface area contributed by atoms with Crippen molar-refractivity contribution >= 4 is 12.0 Å². The minimum absolute atomic E-state index is 0.0176. The number of alkyl carbamates (subject to hydrolysis) is 1. The number of aliphatic hydroxyl groups is 2. The molecule has 9 heteroatoms. The number of nitrogens with one attached hydrogen (secondary N) is 2. The van der Waals surface area contributed by atoms with E-state index in [0.717, 1.165) is 5.56 Å². The molecule has 4 rings (SSSR count). The Morgan fingerprint density at radius 1 is 1.19 bits per heavy atom. The lowest BCUT2D eigenvalue weighted by Crippen LogP contribution is -2.61. The summed E-state index contributed by atoms with van der Waals surface area (Å²) in [6.07, 6.45) is 2.63. The highest BCUT2D eigenvalue weighted by Gasteiger charge is 2.60. The van der Waals surface area contributed by atoms with E-state index in [-0.39, 0.29) is 43.0 Å². The summed E-state index contributed by atoms with van der Waals surface area (Å²) in [5.41, 5.74) is -0.163. The van der Waals surface area contributed by atoms with Crippen molar-refractivity contribution in [1.29, 1.82) is 0 Å². The largest absolute Gasteiger partial charge is 0.454 e. The first-order valence-electron chi connectivity index (χ1n) is 12.7. The second-order valence-electron chi connectivity index (χ2n) is 10.7. The maximum Gasteiger partial charge on any atom is 0.407 e. The molecular formula is C27H38N2O7. The number of hydrogen-bond donors (Lipinski definition) is 4. The van der Waals surface area contributed by atoms with E-state index >= 15 is 0 Å². The van der Waals surface area contributed by atoms with Gasteiger partial charge in [0.05, 0.1) is 12.7 Å². The van der Waals surface area contributed by atoms with Crippen LogP contribution in [0, 0.1) is 22.7 Å².